The van der Waals surface area contributed by atoms with E-state index in [-0.39, 0.29) is 10.8 Å². The predicted molar refractivity (Wildman–Crippen MR) is 218 cm³/mol. The molecule has 0 fully saturated rings. The Balaban J connectivity index is 1.48. The Kier molecular flexibility index (Phi) is 8.89. The number of halogens is 1. The monoisotopic (exact) mass is 758 g/mol. The molecule has 0 radical (unpaired) electrons. The molecule has 0 unspecified atom stereocenters. The molecule has 0 heterocycles. The molecule has 2 aliphatic rings. The molecule has 6 aromatic rings. The second-order valence-electron chi connectivity index (χ2n) is 16.2. The van der Waals surface area contributed by atoms with Gasteiger partial charge in [0.2, 0.25) is 0 Å². The second kappa shape index (κ2) is 13.3. The van der Waals surface area contributed by atoms with Crippen LogP contribution in [-0.2, 0) is 32.1 Å². The quantitative estimate of drug-likeness (QED) is 0.164. The summed E-state index contributed by atoms with van der Waals surface area (Å²) in [5, 5.41) is 3.19. The zero-order valence-corrected chi connectivity index (χ0v) is 33.7. The molecule has 0 N–H and O–H groups in total. The molecule has 0 spiro atoms. The zero-order valence-electron chi connectivity index (χ0n) is 30.5. The van der Waals surface area contributed by atoms with E-state index >= 15 is 0 Å². The van der Waals surface area contributed by atoms with Crippen LogP contribution in [0, 0.1) is 0 Å². The molecule has 0 aromatic heterocycles. The van der Waals surface area contributed by atoms with Gasteiger partial charge in [-0.05, 0) is 0 Å². The standard InChI is InChI=1S/C33H33.C11H7Cl.C5H5.Zr/c1-32(2,3)30-20-26-24(18-28(30)22-13-9-7-10-14-22)17-25-19-29(23-15-11-8-12-16-23)31(21-27(25)26)33(4,5)6;1-8-4-2-6-10-9(8)5-3-7-11(10)12;1-2-4-5-3-1;/h7-21H,1-6H3;1-7H;1-3H,4H2;. The fraction of sp³-hybridized carbons (Fsp3) is 0.204. The van der Waals surface area contributed by atoms with Gasteiger partial charge >= 0.3 is 319 Å². The SMILES string of the molecule is CC(C)(C)c1cc2c(cc1-c1ccccc1)[CH]([Zr](=[CH]c1cccc3c(Cl)cccc13)[C]1=CC=CC1)c1cc(-c3ccccc3)c(C(C)(C)C)cc1-2. The van der Waals surface area contributed by atoms with E-state index in [9.17, 15) is 0 Å². The molecule has 8 rings (SSSR count). The number of benzene rings is 6. The van der Waals surface area contributed by atoms with E-state index < -0.39 is 21.3 Å². The van der Waals surface area contributed by atoms with Crippen molar-refractivity contribution in [2.45, 2.75) is 62.4 Å². The van der Waals surface area contributed by atoms with Gasteiger partial charge in [-0.1, -0.05) is 0 Å². The average Bonchev–Trinajstić information content (AvgIpc) is 3.76. The molecule has 2 heteroatoms. The van der Waals surface area contributed by atoms with Crippen LogP contribution in [0.1, 0.15) is 79.4 Å². The van der Waals surface area contributed by atoms with Crippen molar-refractivity contribution < 1.29 is 21.3 Å². The number of hydrogen-bond acceptors (Lipinski definition) is 0. The van der Waals surface area contributed by atoms with Crippen molar-refractivity contribution in [1.82, 2.24) is 0 Å². The van der Waals surface area contributed by atoms with Crippen molar-refractivity contribution in [3.8, 4) is 33.4 Å². The number of fused-ring (bicyclic) bond motifs is 4. The van der Waals surface area contributed by atoms with Crippen molar-refractivity contribution >= 4 is 26.1 Å². The van der Waals surface area contributed by atoms with E-state index in [1.807, 2.05) is 6.07 Å². The summed E-state index contributed by atoms with van der Waals surface area (Å²) in [6, 6.07) is 45.5. The van der Waals surface area contributed by atoms with E-state index in [0.29, 0.717) is 3.63 Å². The molecule has 0 saturated heterocycles. The van der Waals surface area contributed by atoms with E-state index in [2.05, 4.69) is 179 Å². The van der Waals surface area contributed by atoms with Crippen molar-refractivity contribution in [1.29, 1.82) is 0 Å². The Morgan fingerprint density at radius 3 is 1.63 bits per heavy atom. The van der Waals surface area contributed by atoms with Gasteiger partial charge in [0, 0.05) is 0 Å². The summed E-state index contributed by atoms with van der Waals surface area (Å²) < 4.78 is 4.71. The summed E-state index contributed by atoms with van der Waals surface area (Å²) in [6.45, 7) is 14.2. The van der Waals surface area contributed by atoms with Crippen LogP contribution in [0.15, 0.2) is 143 Å². The third-order valence-electron chi connectivity index (χ3n) is 10.7. The van der Waals surface area contributed by atoms with E-state index in [0.717, 1.165) is 16.8 Å². The molecule has 0 amide bonds. The van der Waals surface area contributed by atoms with Crippen LogP contribution in [0.3, 0.4) is 0 Å². The molecule has 2 aliphatic carbocycles. The normalized spacial score (nSPS) is 14.6. The Labute approximate surface area is 316 Å². The molecular weight excluding hydrogens is 715 g/mol. The van der Waals surface area contributed by atoms with Gasteiger partial charge in [-0.3, -0.25) is 0 Å². The Morgan fingerprint density at radius 2 is 1.12 bits per heavy atom. The molecule has 6 aromatic carbocycles. The predicted octanol–water partition coefficient (Wildman–Crippen LogP) is 13.8. The molecule has 0 saturated carbocycles. The second-order valence-corrected chi connectivity index (χ2v) is 22.6. The molecule has 0 nitrogen and oxygen atoms in total. The summed E-state index contributed by atoms with van der Waals surface area (Å²) in [5.41, 5.74) is 15.2. The van der Waals surface area contributed by atoms with Gasteiger partial charge in [0.25, 0.3) is 0 Å². The van der Waals surface area contributed by atoms with Gasteiger partial charge in [-0.15, -0.1) is 0 Å². The van der Waals surface area contributed by atoms with Crippen molar-refractivity contribution in [3.05, 3.63) is 176 Å². The number of rotatable bonds is 5. The van der Waals surface area contributed by atoms with Crippen molar-refractivity contribution in [3.63, 3.8) is 0 Å². The third kappa shape index (κ3) is 6.32. The summed E-state index contributed by atoms with van der Waals surface area (Å²) >= 11 is 4.07. The van der Waals surface area contributed by atoms with Gasteiger partial charge < -0.3 is 0 Å². The number of allylic oxidation sites excluding steroid dienone is 4. The van der Waals surface area contributed by atoms with Crippen LogP contribution in [0.4, 0.5) is 0 Å². The fourth-order valence-electron chi connectivity index (χ4n) is 8.25. The van der Waals surface area contributed by atoms with E-state index in [1.165, 1.54) is 66.6 Å². The first kappa shape index (κ1) is 34.2. The third-order valence-corrected chi connectivity index (χ3v) is 18.4. The maximum absolute atomic E-state index is 6.79. The van der Waals surface area contributed by atoms with Crippen molar-refractivity contribution in [2.24, 2.45) is 0 Å². The van der Waals surface area contributed by atoms with Crippen LogP contribution < -0.4 is 0 Å². The van der Waals surface area contributed by atoms with Gasteiger partial charge in [0.05, 0.1) is 0 Å². The van der Waals surface area contributed by atoms with Crippen LogP contribution in [-0.4, -0.2) is 3.71 Å². The molecule has 51 heavy (non-hydrogen) atoms. The number of hydrogen-bond donors (Lipinski definition) is 0. The van der Waals surface area contributed by atoms with Crippen LogP contribution in [0.5, 0.6) is 0 Å². The zero-order chi connectivity index (χ0) is 35.5. The Hall–Kier alpha value is -3.90. The molecule has 0 bridgehead atoms. The minimum absolute atomic E-state index is 0.0247. The average molecular weight is 761 g/mol. The van der Waals surface area contributed by atoms with Gasteiger partial charge in [0.1, 0.15) is 0 Å². The molecule has 0 atom stereocenters. The molecule has 0 aliphatic heterocycles. The van der Waals surface area contributed by atoms with Crippen molar-refractivity contribution in [2.75, 3.05) is 0 Å². The van der Waals surface area contributed by atoms with Crippen LogP contribution in [0.25, 0.3) is 44.2 Å². The first-order valence-corrected chi connectivity index (χ1v) is 22.7. The molecule has 252 valence electrons. The molecular formula is C49H45ClZr. The Morgan fingerprint density at radius 1 is 0.588 bits per heavy atom. The van der Waals surface area contributed by atoms with Crippen LogP contribution in [0.2, 0.25) is 5.02 Å². The summed E-state index contributed by atoms with van der Waals surface area (Å²) in [7, 11) is 0. The first-order valence-electron chi connectivity index (χ1n) is 18.2. The summed E-state index contributed by atoms with van der Waals surface area (Å²) in [6.07, 6.45) is 8.13. The topological polar surface area (TPSA) is 0 Å². The van der Waals surface area contributed by atoms with Gasteiger partial charge in [0.15, 0.2) is 0 Å². The van der Waals surface area contributed by atoms with E-state index in [4.69, 9.17) is 11.6 Å². The summed E-state index contributed by atoms with van der Waals surface area (Å²) in [5.74, 6) is 0. The Bertz CT molecular complexity index is 2290. The van der Waals surface area contributed by atoms with E-state index in [1.54, 1.807) is 3.28 Å². The van der Waals surface area contributed by atoms with Gasteiger partial charge in [-0.25, -0.2) is 0 Å². The fourth-order valence-corrected chi connectivity index (χ4v) is 16.1. The first-order chi connectivity index (χ1) is 24.5. The van der Waals surface area contributed by atoms with Crippen LogP contribution >= 0.6 is 11.6 Å². The summed E-state index contributed by atoms with van der Waals surface area (Å²) in [4.78, 5) is 0. The maximum atomic E-state index is 6.79. The minimum atomic E-state index is -2.71. The van der Waals surface area contributed by atoms with Gasteiger partial charge in [-0.2, -0.15) is 0 Å².